The Hall–Kier alpha value is -0.530. The first-order valence-electron chi connectivity index (χ1n) is 6.59. The monoisotopic (exact) mass is 252 g/mol. The van der Waals surface area contributed by atoms with E-state index in [0.717, 1.165) is 23.4 Å². The van der Waals surface area contributed by atoms with E-state index in [1.165, 1.54) is 25.7 Å². The standard InChI is InChI=1S/C15H21ClO/c1-15(17,12-6-4-2-3-5-7-12)13-8-10-14(16)11-9-13/h8-12,17H,2-7H2,1H3. The van der Waals surface area contributed by atoms with Crippen molar-refractivity contribution in [3.63, 3.8) is 0 Å². The fraction of sp³-hybridized carbons (Fsp3) is 0.600. The zero-order valence-electron chi connectivity index (χ0n) is 10.5. The molecule has 1 aliphatic rings. The summed E-state index contributed by atoms with van der Waals surface area (Å²) in [7, 11) is 0. The summed E-state index contributed by atoms with van der Waals surface area (Å²) in [5.41, 5.74) is 0.281. The lowest BCUT2D eigenvalue weighted by Gasteiger charge is -2.33. The summed E-state index contributed by atoms with van der Waals surface area (Å²) in [6, 6.07) is 7.63. The van der Waals surface area contributed by atoms with Crippen LogP contribution >= 0.6 is 11.6 Å². The summed E-state index contributed by atoms with van der Waals surface area (Å²) in [5.74, 6) is 0.381. The van der Waals surface area contributed by atoms with Gasteiger partial charge in [-0.2, -0.15) is 0 Å². The first kappa shape index (κ1) is 12.9. The van der Waals surface area contributed by atoms with Gasteiger partial charge in [0.25, 0.3) is 0 Å². The maximum atomic E-state index is 10.8. The van der Waals surface area contributed by atoms with Crippen molar-refractivity contribution in [3.05, 3.63) is 34.9 Å². The number of benzene rings is 1. The van der Waals surface area contributed by atoms with Crippen LogP contribution in [0.3, 0.4) is 0 Å². The Bertz CT molecular complexity index is 348. The summed E-state index contributed by atoms with van der Waals surface area (Å²) in [6.45, 7) is 1.95. The van der Waals surface area contributed by atoms with E-state index in [0.29, 0.717) is 5.92 Å². The molecule has 2 rings (SSSR count). The molecule has 0 saturated heterocycles. The Labute approximate surface area is 109 Å². The second-order valence-corrected chi connectivity index (χ2v) is 5.78. The second-order valence-electron chi connectivity index (χ2n) is 5.34. The molecular weight excluding hydrogens is 232 g/mol. The minimum atomic E-state index is -0.713. The normalized spacial score (nSPS) is 21.8. The van der Waals surface area contributed by atoms with E-state index in [-0.39, 0.29) is 0 Å². The van der Waals surface area contributed by atoms with Crippen molar-refractivity contribution in [2.45, 2.75) is 51.0 Å². The van der Waals surface area contributed by atoms with Gasteiger partial charge < -0.3 is 5.11 Å². The Kier molecular flexibility index (Phi) is 4.11. The van der Waals surface area contributed by atoms with Gasteiger partial charge in [-0.1, -0.05) is 49.4 Å². The highest BCUT2D eigenvalue weighted by Crippen LogP contribution is 2.38. The molecule has 1 nitrogen and oxygen atoms in total. The number of hydrogen-bond acceptors (Lipinski definition) is 1. The fourth-order valence-corrected chi connectivity index (χ4v) is 2.99. The van der Waals surface area contributed by atoms with Crippen LogP contribution in [0, 0.1) is 5.92 Å². The van der Waals surface area contributed by atoms with Crippen molar-refractivity contribution in [1.29, 1.82) is 0 Å². The highest BCUT2D eigenvalue weighted by Gasteiger charge is 2.33. The molecule has 1 N–H and O–H groups in total. The summed E-state index contributed by atoms with van der Waals surface area (Å²) < 4.78 is 0. The van der Waals surface area contributed by atoms with E-state index in [1.54, 1.807) is 0 Å². The molecule has 1 saturated carbocycles. The van der Waals surface area contributed by atoms with Crippen LogP contribution in [0.5, 0.6) is 0 Å². The molecule has 1 atom stereocenters. The molecule has 1 aliphatic carbocycles. The molecule has 0 bridgehead atoms. The van der Waals surface area contributed by atoms with Crippen LogP contribution in [0.4, 0.5) is 0 Å². The molecule has 1 aromatic rings. The first-order valence-corrected chi connectivity index (χ1v) is 6.97. The summed E-state index contributed by atoms with van der Waals surface area (Å²) >= 11 is 5.89. The third-order valence-electron chi connectivity index (χ3n) is 4.08. The lowest BCUT2D eigenvalue weighted by Crippen LogP contribution is -2.31. The van der Waals surface area contributed by atoms with E-state index in [2.05, 4.69) is 0 Å². The molecular formula is C15H21ClO. The molecule has 0 heterocycles. The van der Waals surface area contributed by atoms with Gasteiger partial charge in [-0.25, -0.2) is 0 Å². The van der Waals surface area contributed by atoms with E-state index in [1.807, 2.05) is 31.2 Å². The topological polar surface area (TPSA) is 20.2 Å². The Morgan fingerprint density at radius 2 is 1.59 bits per heavy atom. The molecule has 0 aromatic heterocycles. The van der Waals surface area contributed by atoms with Gasteiger partial charge in [0.05, 0.1) is 5.60 Å². The summed E-state index contributed by atoms with van der Waals surface area (Å²) in [4.78, 5) is 0. The lowest BCUT2D eigenvalue weighted by molar-refractivity contribution is -0.0126. The van der Waals surface area contributed by atoms with Crippen molar-refractivity contribution in [1.82, 2.24) is 0 Å². The van der Waals surface area contributed by atoms with Gasteiger partial charge in [-0.05, 0) is 43.4 Å². The van der Waals surface area contributed by atoms with E-state index >= 15 is 0 Å². The van der Waals surface area contributed by atoms with Crippen LogP contribution in [0.25, 0.3) is 0 Å². The zero-order chi connectivity index (χ0) is 12.3. The molecule has 0 spiro atoms. The van der Waals surface area contributed by atoms with Gasteiger partial charge in [0, 0.05) is 5.02 Å². The van der Waals surface area contributed by atoms with Crippen molar-refractivity contribution in [2.24, 2.45) is 5.92 Å². The van der Waals surface area contributed by atoms with Gasteiger partial charge in [0.2, 0.25) is 0 Å². The molecule has 17 heavy (non-hydrogen) atoms. The Morgan fingerprint density at radius 3 is 2.12 bits per heavy atom. The third kappa shape index (κ3) is 3.02. The van der Waals surface area contributed by atoms with Gasteiger partial charge in [0.1, 0.15) is 0 Å². The van der Waals surface area contributed by atoms with Gasteiger partial charge >= 0.3 is 0 Å². The number of hydrogen-bond donors (Lipinski definition) is 1. The van der Waals surface area contributed by atoms with Crippen LogP contribution in [0.2, 0.25) is 5.02 Å². The summed E-state index contributed by atoms with van der Waals surface area (Å²) in [6.07, 6.45) is 7.38. The maximum Gasteiger partial charge on any atom is 0.0896 e. The fourth-order valence-electron chi connectivity index (χ4n) is 2.86. The quantitative estimate of drug-likeness (QED) is 0.768. The SMILES string of the molecule is CC(O)(c1ccc(Cl)cc1)C1CCCCCC1. The number of halogens is 1. The van der Waals surface area contributed by atoms with E-state index < -0.39 is 5.60 Å². The molecule has 0 radical (unpaired) electrons. The molecule has 2 heteroatoms. The minimum absolute atomic E-state index is 0.381. The molecule has 94 valence electrons. The molecule has 1 aromatic carbocycles. The third-order valence-corrected chi connectivity index (χ3v) is 4.33. The lowest BCUT2D eigenvalue weighted by atomic mass is 9.78. The van der Waals surface area contributed by atoms with E-state index in [4.69, 9.17) is 11.6 Å². The van der Waals surface area contributed by atoms with Crippen LogP contribution < -0.4 is 0 Å². The molecule has 0 aliphatic heterocycles. The van der Waals surface area contributed by atoms with Crippen LogP contribution in [0.1, 0.15) is 51.0 Å². The van der Waals surface area contributed by atoms with Crippen LogP contribution in [-0.4, -0.2) is 5.11 Å². The highest BCUT2D eigenvalue weighted by atomic mass is 35.5. The largest absolute Gasteiger partial charge is 0.385 e. The highest BCUT2D eigenvalue weighted by molar-refractivity contribution is 6.30. The maximum absolute atomic E-state index is 10.8. The smallest absolute Gasteiger partial charge is 0.0896 e. The first-order chi connectivity index (χ1) is 8.10. The van der Waals surface area contributed by atoms with Crippen molar-refractivity contribution in [3.8, 4) is 0 Å². The minimum Gasteiger partial charge on any atom is -0.385 e. The Morgan fingerprint density at radius 1 is 1.06 bits per heavy atom. The number of rotatable bonds is 2. The predicted molar refractivity (Wildman–Crippen MR) is 72.2 cm³/mol. The average molecular weight is 253 g/mol. The zero-order valence-corrected chi connectivity index (χ0v) is 11.2. The average Bonchev–Trinajstić information content (AvgIpc) is 2.58. The van der Waals surface area contributed by atoms with Gasteiger partial charge in [-0.15, -0.1) is 0 Å². The van der Waals surface area contributed by atoms with Crippen molar-refractivity contribution < 1.29 is 5.11 Å². The van der Waals surface area contributed by atoms with Crippen molar-refractivity contribution in [2.75, 3.05) is 0 Å². The predicted octanol–water partition coefficient (Wildman–Crippen LogP) is 4.52. The van der Waals surface area contributed by atoms with Gasteiger partial charge in [-0.3, -0.25) is 0 Å². The van der Waals surface area contributed by atoms with Gasteiger partial charge in [0.15, 0.2) is 0 Å². The van der Waals surface area contributed by atoms with Crippen LogP contribution in [-0.2, 0) is 5.60 Å². The van der Waals surface area contributed by atoms with Crippen LogP contribution in [0.15, 0.2) is 24.3 Å². The molecule has 1 unspecified atom stereocenters. The number of aliphatic hydroxyl groups is 1. The van der Waals surface area contributed by atoms with Crippen molar-refractivity contribution >= 4 is 11.6 Å². The molecule has 1 fully saturated rings. The Balaban J connectivity index is 2.18. The summed E-state index contributed by atoms with van der Waals surface area (Å²) in [5, 5.41) is 11.5. The van der Waals surface area contributed by atoms with E-state index in [9.17, 15) is 5.11 Å². The second kappa shape index (κ2) is 5.41. The molecule has 0 amide bonds.